The van der Waals surface area contributed by atoms with Crippen molar-refractivity contribution in [2.75, 3.05) is 5.32 Å². The number of nitrogens with zero attached hydrogens (tertiary/aromatic N) is 2. The third-order valence-electron chi connectivity index (χ3n) is 2.62. The lowest BCUT2D eigenvalue weighted by Gasteiger charge is -2.05. The first kappa shape index (κ1) is 12.5. The molecule has 1 N–H and O–H groups in total. The molecule has 0 saturated carbocycles. The molecule has 0 bridgehead atoms. The van der Waals surface area contributed by atoms with Gasteiger partial charge in [0, 0.05) is 14.8 Å². The number of aromatic nitrogens is 2. The fourth-order valence-electron chi connectivity index (χ4n) is 1.66. The minimum absolute atomic E-state index is 0.142. The maximum Gasteiger partial charge on any atom is 0.255 e. The highest BCUT2D eigenvalue weighted by Gasteiger charge is 2.08. The number of hydrogen-bond donors (Lipinski definition) is 1. The number of anilines is 1. The summed E-state index contributed by atoms with van der Waals surface area (Å²) in [5, 5.41) is 2.86. The molecule has 0 unspecified atom stereocenters. The van der Waals surface area contributed by atoms with E-state index in [4.69, 9.17) is 0 Å². The third kappa shape index (κ3) is 2.74. The molecule has 0 atom stereocenters. The van der Waals surface area contributed by atoms with Crippen LogP contribution < -0.4 is 5.32 Å². The number of fused-ring (bicyclic) bond motifs is 1. The first-order chi connectivity index (χ1) is 9.22. The van der Waals surface area contributed by atoms with Gasteiger partial charge in [-0.15, -0.1) is 0 Å². The van der Waals surface area contributed by atoms with Gasteiger partial charge in [-0.1, -0.05) is 0 Å². The van der Waals surface area contributed by atoms with Crippen LogP contribution in [0, 0.1) is 3.57 Å². The molecule has 0 fully saturated rings. The van der Waals surface area contributed by atoms with E-state index < -0.39 is 0 Å². The molecule has 0 radical (unpaired) electrons. The Balaban J connectivity index is 1.84. The molecule has 3 aromatic rings. The Kier molecular flexibility index (Phi) is 3.43. The summed E-state index contributed by atoms with van der Waals surface area (Å²) in [6, 6.07) is 13.0. The van der Waals surface area contributed by atoms with E-state index in [9.17, 15) is 4.79 Å². The number of carbonyl (C=O) groups is 1. The molecule has 1 aromatic heterocycles. The average Bonchev–Trinajstić information content (AvgIpc) is 2.88. The Morgan fingerprint density at radius 3 is 2.58 bits per heavy atom. The van der Waals surface area contributed by atoms with Crippen LogP contribution in [0.15, 0.2) is 42.5 Å². The van der Waals surface area contributed by atoms with Crippen molar-refractivity contribution in [1.82, 2.24) is 8.75 Å². The largest absolute Gasteiger partial charge is 0.322 e. The van der Waals surface area contributed by atoms with Gasteiger partial charge in [-0.3, -0.25) is 4.79 Å². The van der Waals surface area contributed by atoms with Gasteiger partial charge in [-0.25, -0.2) is 0 Å². The van der Waals surface area contributed by atoms with Crippen LogP contribution in [-0.2, 0) is 0 Å². The molecule has 0 aliphatic heterocycles. The molecule has 0 spiro atoms. The smallest absolute Gasteiger partial charge is 0.255 e. The second kappa shape index (κ2) is 5.22. The van der Waals surface area contributed by atoms with Gasteiger partial charge in [-0.2, -0.15) is 8.75 Å². The summed E-state index contributed by atoms with van der Waals surface area (Å²) >= 11 is 3.37. The van der Waals surface area contributed by atoms with Crippen LogP contribution in [0.5, 0.6) is 0 Å². The minimum atomic E-state index is -0.142. The van der Waals surface area contributed by atoms with E-state index in [1.165, 1.54) is 0 Å². The molecule has 0 aliphatic carbocycles. The molecular weight excluding hydrogens is 373 g/mol. The second-order valence-corrected chi connectivity index (χ2v) is 5.70. The number of nitrogens with one attached hydrogen (secondary N) is 1. The summed E-state index contributed by atoms with van der Waals surface area (Å²) < 4.78 is 9.37. The van der Waals surface area contributed by atoms with Gasteiger partial charge >= 0.3 is 0 Å². The molecule has 0 saturated heterocycles. The quantitative estimate of drug-likeness (QED) is 0.691. The van der Waals surface area contributed by atoms with Gasteiger partial charge in [0.2, 0.25) is 0 Å². The molecule has 6 heteroatoms. The standard InChI is InChI=1S/C13H8IN3OS/c14-9-2-4-10(5-3-9)15-13(18)8-1-6-11-12(7-8)17-19-16-11/h1-7H,(H,15,18). The van der Waals surface area contributed by atoms with E-state index >= 15 is 0 Å². The summed E-state index contributed by atoms with van der Waals surface area (Å²) in [6.45, 7) is 0. The van der Waals surface area contributed by atoms with E-state index in [0.29, 0.717) is 5.56 Å². The van der Waals surface area contributed by atoms with Gasteiger partial charge in [-0.05, 0) is 65.1 Å². The van der Waals surface area contributed by atoms with Crippen LogP contribution >= 0.6 is 34.3 Å². The Morgan fingerprint density at radius 1 is 1.05 bits per heavy atom. The highest BCUT2D eigenvalue weighted by atomic mass is 127. The summed E-state index contributed by atoms with van der Waals surface area (Å²) in [7, 11) is 0. The number of halogens is 1. The van der Waals surface area contributed by atoms with Crippen LogP contribution in [0.2, 0.25) is 0 Å². The number of benzene rings is 2. The number of hydrogen-bond acceptors (Lipinski definition) is 4. The molecular formula is C13H8IN3OS. The van der Waals surface area contributed by atoms with Crippen molar-refractivity contribution in [1.29, 1.82) is 0 Å². The topological polar surface area (TPSA) is 54.9 Å². The van der Waals surface area contributed by atoms with Crippen molar-refractivity contribution in [3.63, 3.8) is 0 Å². The van der Waals surface area contributed by atoms with E-state index in [-0.39, 0.29) is 5.91 Å². The third-order valence-corrected chi connectivity index (χ3v) is 3.89. The first-order valence-corrected chi connectivity index (χ1v) is 7.32. The van der Waals surface area contributed by atoms with Gasteiger partial charge in [0.1, 0.15) is 11.0 Å². The van der Waals surface area contributed by atoms with Crippen LogP contribution in [0.4, 0.5) is 5.69 Å². The van der Waals surface area contributed by atoms with Gasteiger partial charge in [0.15, 0.2) is 0 Å². The minimum Gasteiger partial charge on any atom is -0.322 e. The lowest BCUT2D eigenvalue weighted by Crippen LogP contribution is -2.11. The summed E-state index contributed by atoms with van der Waals surface area (Å²) in [4.78, 5) is 12.1. The van der Waals surface area contributed by atoms with Gasteiger partial charge in [0.25, 0.3) is 5.91 Å². The molecule has 94 valence electrons. The fourth-order valence-corrected chi connectivity index (χ4v) is 2.54. The maximum absolute atomic E-state index is 12.1. The highest BCUT2D eigenvalue weighted by molar-refractivity contribution is 14.1. The van der Waals surface area contributed by atoms with Crippen LogP contribution in [0.1, 0.15) is 10.4 Å². The fraction of sp³-hybridized carbons (Fsp3) is 0. The molecule has 1 amide bonds. The van der Waals surface area contributed by atoms with Crippen molar-refractivity contribution in [3.05, 3.63) is 51.6 Å². The Labute approximate surface area is 127 Å². The zero-order valence-electron chi connectivity index (χ0n) is 9.63. The Bertz CT molecular complexity index is 739. The van der Waals surface area contributed by atoms with Crippen molar-refractivity contribution < 1.29 is 4.79 Å². The van der Waals surface area contributed by atoms with Crippen LogP contribution in [0.3, 0.4) is 0 Å². The monoisotopic (exact) mass is 381 g/mol. The van der Waals surface area contributed by atoms with E-state index in [1.807, 2.05) is 30.3 Å². The van der Waals surface area contributed by atoms with Crippen molar-refractivity contribution in [3.8, 4) is 0 Å². The zero-order valence-corrected chi connectivity index (χ0v) is 12.6. The molecule has 0 aliphatic rings. The molecule has 2 aromatic carbocycles. The molecule has 3 rings (SSSR count). The molecule has 4 nitrogen and oxygen atoms in total. The predicted molar refractivity (Wildman–Crippen MR) is 84.5 cm³/mol. The van der Waals surface area contributed by atoms with Gasteiger partial charge in [0.05, 0.1) is 11.7 Å². The molecule has 19 heavy (non-hydrogen) atoms. The van der Waals surface area contributed by atoms with Crippen LogP contribution in [0.25, 0.3) is 11.0 Å². The molecule has 1 heterocycles. The lowest BCUT2D eigenvalue weighted by molar-refractivity contribution is 0.102. The van der Waals surface area contributed by atoms with Crippen molar-refractivity contribution >= 4 is 56.9 Å². The number of carbonyl (C=O) groups excluding carboxylic acids is 1. The van der Waals surface area contributed by atoms with E-state index in [1.54, 1.807) is 12.1 Å². The summed E-state index contributed by atoms with van der Waals surface area (Å²) in [5.74, 6) is -0.142. The van der Waals surface area contributed by atoms with Crippen molar-refractivity contribution in [2.45, 2.75) is 0 Å². The number of rotatable bonds is 2. The average molecular weight is 381 g/mol. The second-order valence-electron chi connectivity index (χ2n) is 3.93. The van der Waals surface area contributed by atoms with E-state index in [2.05, 4.69) is 36.7 Å². The van der Waals surface area contributed by atoms with Crippen LogP contribution in [-0.4, -0.2) is 14.7 Å². The summed E-state index contributed by atoms with van der Waals surface area (Å²) in [6.07, 6.45) is 0. The highest BCUT2D eigenvalue weighted by Crippen LogP contribution is 2.16. The lowest BCUT2D eigenvalue weighted by atomic mass is 10.2. The SMILES string of the molecule is O=C(Nc1ccc(I)cc1)c1ccc2nsnc2c1. The maximum atomic E-state index is 12.1. The van der Waals surface area contributed by atoms with Crippen molar-refractivity contribution in [2.24, 2.45) is 0 Å². The van der Waals surface area contributed by atoms with E-state index in [0.717, 1.165) is 32.0 Å². The first-order valence-electron chi connectivity index (χ1n) is 5.51. The normalized spacial score (nSPS) is 10.6. The zero-order chi connectivity index (χ0) is 13.2. The summed E-state index contributed by atoms with van der Waals surface area (Å²) in [5.41, 5.74) is 2.93. The Morgan fingerprint density at radius 2 is 1.79 bits per heavy atom. The van der Waals surface area contributed by atoms with Gasteiger partial charge < -0.3 is 5.32 Å². The Hall–Kier alpha value is -1.54. The number of amides is 1. The predicted octanol–water partition coefficient (Wildman–Crippen LogP) is 3.55.